The molecule has 37 heavy (non-hydrogen) atoms. The molecule has 10 heteroatoms. The van der Waals surface area contributed by atoms with E-state index in [1.807, 2.05) is 20.8 Å². The fraction of sp³-hybridized carbons (Fsp3) is 0.333. The van der Waals surface area contributed by atoms with Crippen LogP contribution in [0.5, 0.6) is 5.75 Å². The van der Waals surface area contributed by atoms with Gasteiger partial charge in [-0.25, -0.2) is 8.78 Å². The molecule has 2 aromatic heterocycles. The van der Waals surface area contributed by atoms with Crippen LogP contribution in [0.4, 0.5) is 8.78 Å². The summed E-state index contributed by atoms with van der Waals surface area (Å²) in [5.74, 6) is 0.180. The molecule has 196 valence electrons. The number of aromatic nitrogens is 2. The Morgan fingerprint density at radius 1 is 1.24 bits per heavy atom. The summed E-state index contributed by atoms with van der Waals surface area (Å²) in [6, 6.07) is 7.80. The molecular weight excluding hydrogens is 482 g/mol. The van der Waals surface area contributed by atoms with Gasteiger partial charge in [0.25, 0.3) is 12.3 Å². The third kappa shape index (κ3) is 6.99. The minimum Gasteiger partial charge on any atom is -0.489 e. The van der Waals surface area contributed by atoms with E-state index in [-0.39, 0.29) is 41.3 Å². The molecule has 0 atom stereocenters. The van der Waals surface area contributed by atoms with Gasteiger partial charge in [0, 0.05) is 42.4 Å². The first-order valence-corrected chi connectivity index (χ1v) is 11.6. The van der Waals surface area contributed by atoms with Crippen molar-refractivity contribution in [2.24, 2.45) is 0 Å². The number of hydrogen-bond acceptors (Lipinski definition) is 6. The summed E-state index contributed by atoms with van der Waals surface area (Å²) in [5.41, 5.74) is 0.893. The smallest absolute Gasteiger partial charge is 0.273 e. The van der Waals surface area contributed by atoms with Crippen molar-refractivity contribution in [1.82, 2.24) is 20.4 Å². The first-order chi connectivity index (χ1) is 17.5. The lowest BCUT2D eigenvalue weighted by Gasteiger charge is -2.17. The number of nitrogens with zero attached hydrogens (tertiary/aromatic N) is 3. The zero-order valence-corrected chi connectivity index (χ0v) is 21.3. The zero-order chi connectivity index (χ0) is 27.2. The summed E-state index contributed by atoms with van der Waals surface area (Å²) in [5, 5.41) is 6.41. The highest BCUT2D eigenvalue weighted by molar-refractivity contribution is 5.92. The largest absolute Gasteiger partial charge is 0.489 e. The van der Waals surface area contributed by atoms with Gasteiger partial charge in [0.2, 0.25) is 5.91 Å². The first kappa shape index (κ1) is 27.5. The van der Waals surface area contributed by atoms with Gasteiger partial charge in [0.15, 0.2) is 5.69 Å². The third-order valence-corrected chi connectivity index (χ3v) is 5.63. The molecule has 0 radical (unpaired) electrons. The predicted octanol–water partition coefficient (Wildman–Crippen LogP) is 4.92. The number of halogens is 2. The molecule has 1 N–H and O–H groups in total. The lowest BCUT2D eigenvalue weighted by molar-refractivity contribution is -0.125. The van der Waals surface area contributed by atoms with E-state index in [2.05, 4.69) is 22.0 Å². The van der Waals surface area contributed by atoms with Crippen LogP contribution in [0.1, 0.15) is 54.6 Å². The van der Waals surface area contributed by atoms with Gasteiger partial charge in [-0.1, -0.05) is 44.6 Å². The monoisotopic (exact) mass is 512 g/mol. The maximum absolute atomic E-state index is 14.0. The summed E-state index contributed by atoms with van der Waals surface area (Å²) in [6.45, 7) is 9.59. The quantitative estimate of drug-likeness (QED) is 0.387. The van der Waals surface area contributed by atoms with Gasteiger partial charge in [-0.2, -0.15) is 0 Å². The van der Waals surface area contributed by atoms with Crippen molar-refractivity contribution >= 4 is 11.8 Å². The van der Waals surface area contributed by atoms with E-state index in [0.717, 1.165) is 0 Å². The molecule has 0 bridgehead atoms. The average Bonchev–Trinajstić information content (AvgIpc) is 3.38. The van der Waals surface area contributed by atoms with Gasteiger partial charge >= 0.3 is 0 Å². The van der Waals surface area contributed by atoms with E-state index in [9.17, 15) is 18.4 Å². The molecule has 2 amide bonds. The van der Waals surface area contributed by atoms with Crippen LogP contribution in [-0.2, 0) is 16.8 Å². The van der Waals surface area contributed by atoms with Gasteiger partial charge in [0.1, 0.15) is 18.1 Å². The lowest BCUT2D eigenvalue weighted by atomic mass is 9.93. The number of likely N-dealkylation sites (N-methyl/N-ethyl adjacent to an activating group) is 1. The minimum atomic E-state index is -2.77. The minimum absolute atomic E-state index is 0.0825. The van der Waals surface area contributed by atoms with E-state index >= 15 is 0 Å². The predicted molar refractivity (Wildman–Crippen MR) is 134 cm³/mol. The molecule has 0 aliphatic rings. The van der Waals surface area contributed by atoms with Gasteiger partial charge in [-0.3, -0.25) is 14.6 Å². The number of ether oxygens (including phenoxy) is 1. The van der Waals surface area contributed by atoms with Gasteiger partial charge in [-0.15, -0.1) is 0 Å². The highest BCUT2D eigenvalue weighted by Crippen LogP contribution is 2.33. The molecule has 0 fully saturated rings. The third-order valence-electron chi connectivity index (χ3n) is 5.63. The van der Waals surface area contributed by atoms with Crippen LogP contribution in [0.25, 0.3) is 11.1 Å². The van der Waals surface area contributed by atoms with Crippen molar-refractivity contribution in [2.45, 2.75) is 39.2 Å². The van der Waals surface area contributed by atoms with Crippen molar-refractivity contribution in [3.8, 4) is 16.9 Å². The standard InChI is InChI=1S/C27H30F2N4O4/c1-6-24(34)33(5)11-12-36-22-16-30-10-9-19(22)17-7-8-18(20(13-17)25(28)29)15-31-26(35)21-14-23(37-32-21)27(2,3)4/h6-10,13-14,16,25H,1,11-12,15H2,2-5H3,(H,31,35). The van der Waals surface area contributed by atoms with Crippen molar-refractivity contribution in [1.29, 1.82) is 0 Å². The van der Waals surface area contributed by atoms with E-state index in [4.69, 9.17) is 9.26 Å². The normalized spacial score (nSPS) is 11.3. The fourth-order valence-electron chi connectivity index (χ4n) is 3.42. The van der Waals surface area contributed by atoms with Gasteiger partial charge < -0.3 is 19.5 Å². The Morgan fingerprint density at radius 2 is 2.00 bits per heavy atom. The van der Waals surface area contributed by atoms with Crippen LogP contribution >= 0.6 is 0 Å². The molecule has 0 saturated heterocycles. The Hall–Kier alpha value is -4.08. The number of alkyl halides is 2. The molecular formula is C27H30F2N4O4. The van der Waals surface area contributed by atoms with E-state index in [1.54, 1.807) is 31.3 Å². The maximum Gasteiger partial charge on any atom is 0.273 e. The average molecular weight is 513 g/mol. The summed E-state index contributed by atoms with van der Waals surface area (Å²) in [7, 11) is 1.62. The Kier molecular flexibility index (Phi) is 8.75. The molecule has 0 saturated carbocycles. The summed E-state index contributed by atoms with van der Waals surface area (Å²) in [6.07, 6.45) is 1.47. The fourth-order valence-corrected chi connectivity index (χ4v) is 3.42. The van der Waals surface area contributed by atoms with Gasteiger partial charge in [-0.05, 0) is 29.3 Å². The van der Waals surface area contributed by atoms with Crippen LogP contribution < -0.4 is 10.1 Å². The molecule has 1 aromatic carbocycles. The van der Waals surface area contributed by atoms with Crippen LogP contribution in [0.2, 0.25) is 0 Å². The van der Waals surface area contributed by atoms with E-state index in [0.29, 0.717) is 29.2 Å². The van der Waals surface area contributed by atoms with Crippen LogP contribution in [0, 0.1) is 0 Å². The van der Waals surface area contributed by atoms with Crippen molar-refractivity contribution in [3.63, 3.8) is 0 Å². The number of hydrogen-bond donors (Lipinski definition) is 1. The first-order valence-electron chi connectivity index (χ1n) is 11.6. The Balaban J connectivity index is 1.75. The number of rotatable bonds is 10. The molecule has 3 aromatic rings. The van der Waals surface area contributed by atoms with Crippen LogP contribution in [0.15, 0.2) is 59.9 Å². The second-order valence-corrected chi connectivity index (χ2v) is 9.41. The van der Waals surface area contributed by atoms with Crippen LogP contribution in [-0.4, -0.2) is 47.1 Å². The Bertz CT molecular complexity index is 1270. The molecule has 0 aliphatic heterocycles. The number of carbonyl (C=O) groups is 2. The highest BCUT2D eigenvalue weighted by Gasteiger charge is 2.23. The Labute approximate surface area is 214 Å². The Morgan fingerprint density at radius 3 is 2.65 bits per heavy atom. The summed E-state index contributed by atoms with van der Waals surface area (Å²) in [4.78, 5) is 29.6. The molecule has 0 unspecified atom stereocenters. The number of nitrogens with one attached hydrogen (secondary N) is 1. The second kappa shape index (κ2) is 11.8. The molecule has 0 aliphatic carbocycles. The van der Waals surface area contributed by atoms with E-state index in [1.165, 1.54) is 29.4 Å². The van der Waals surface area contributed by atoms with Crippen molar-refractivity contribution in [3.05, 3.63) is 78.0 Å². The molecule has 2 heterocycles. The number of pyridine rings is 1. The molecule has 0 spiro atoms. The highest BCUT2D eigenvalue weighted by atomic mass is 19.3. The van der Waals surface area contributed by atoms with Crippen LogP contribution in [0.3, 0.4) is 0 Å². The zero-order valence-electron chi connectivity index (χ0n) is 21.3. The van der Waals surface area contributed by atoms with E-state index < -0.39 is 12.3 Å². The summed E-state index contributed by atoms with van der Waals surface area (Å²) >= 11 is 0. The number of benzene rings is 1. The topological polar surface area (TPSA) is 97.6 Å². The SMILES string of the molecule is C=CC(=O)N(C)CCOc1cnccc1-c1ccc(CNC(=O)c2cc(C(C)(C)C)on2)c(C(F)F)c1. The second-order valence-electron chi connectivity index (χ2n) is 9.41. The maximum atomic E-state index is 14.0. The molecule has 3 rings (SSSR count). The molecule has 8 nitrogen and oxygen atoms in total. The lowest BCUT2D eigenvalue weighted by Crippen LogP contribution is -2.29. The summed E-state index contributed by atoms with van der Waals surface area (Å²) < 4.78 is 39.0. The van der Waals surface area contributed by atoms with Gasteiger partial charge in [0.05, 0.1) is 12.7 Å². The van der Waals surface area contributed by atoms with Crippen molar-refractivity contribution < 1.29 is 27.6 Å². The number of amides is 2. The number of carbonyl (C=O) groups excluding carboxylic acids is 2. The van der Waals surface area contributed by atoms with Crippen molar-refractivity contribution in [2.75, 3.05) is 20.2 Å².